The van der Waals surface area contributed by atoms with E-state index >= 15 is 0 Å². The van der Waals surface area contributed by atoms with Gasteiger partial charge in [-0.3, -0.25) is 4.90 Å². The molecule has 2 heteroatoms. The highest BCUT2D eigenvalue weighted by atomic mass is 15.2. The Morgan fingerprint density at radius 2 is 1.94 bits per heavy atom. The fraction of sp³-hybridized carbons (Fsp3) is 1.00. The van der Waals surface area contributed by atoms with E-state index in [9.17, 15) is 0 Å². The van der Waals surface area contributed by atoms with Crippen molar-refractivity contribution in [2.45, 2.75) is 70.9 Å². The normalized spacial score (nSPS) is 30.6. The molecule has 16 heavy (non-hydrogen) atoms. The van der Waals surface area contributed by atoms with E-state index in [4.69, 9.17) is 5.73 Å². The minimum absolute atomic E-state index is 0.303. The van der Waals surface area contributed by atoms with E-state index in [2.05, 4.69) is 32.7 Å². The van der Waals surface area contributed by atoms with Gasteiger partial charge >= 0.3 is 0 Å². The molecular formula is C14H30N2. The minimum Gasteiger partial charge on any atom is -0.329 e. The minimum atomic E-state index is 0.303. The predicted molar refractivity (Wildman–Crippen MR) is 71.6 cm³/mol. The smallest absolute Gasteiger partial charge is 0.0334 e. The summed E-state index contributed by atoms with van der Waals surface area (Å²) < 4.78 is 0. The maximum Gasteiger partial charge on any atom is 0.0334 e. The number of hydrogen-bond donors (Lipinski definition) is 1. The van der Waals surface area contributed by atoms with Crippen LogP contribution >= 0.6 is 0 Å². The van der Waals surface area contributed by atoms with E-state index in [1.807, 2.05) is 0 Å². The first-order valence-corrected chi connectivity index (χ1v) is 7.06. The van der Waals surface area contributed by atoms with Crippen molar-refractivity contribution in [1.82, 2.24) is 4.90 Å². The van der Waals surface area contributed by atoms with Crippen LogP contribution in [0.3, 0.4) is 0 Å². The van der Waals surface area contributed by atoms with Gasteiger partial charge in [0.25, 0.3) is 0 Å². The number of rotatable bonds is 6. The van der Waals surface area contributed by atoms with Crippen molar-refractivity contribution >= 4 is 0 Å². The third-order valence-corrected chi connectivity index (χ3v) is 4.88. The summed E-state index contributed by atoms with van der Waals surface area (Å²) in [7, 11) is 2.29. The summed E-state index contributed by atoms with van der Waals surface area (Å²) in [5.41, 5.74) is 6.40. The van der Waals surface area contributed by atoms with E-state index in [1.54, 1.807) is 0 Å². The maximum atomic E-state index is 6.09. The van der Waals surface area contributed by atoms with Crippen LogP contribution in [0.5, 0.6) is 0 Å². The second kappa shape index (κ2) is 6.02. The Balaban J connectivity index is 2.72. The van der Waals surface area contributed by atoms with Gasteiger partial charge in [-0.2, -0.15) is 0 Å². The fourth-order valence-electron chi connectivity index (χ4n) is 3.44. The Labute approximate surface area is 102 Å². The van der Waals surface area contributed by atoms with Gasteiger partial charge in [-0.05, 0) is 45.1 Å². The molecule has 0 spiro atoms. The Morgan fingerprint density at radius 3 is 2.31 bits per heavy atom. The van der Waals surface area contributed by atoms with Crippen molar-refractivity contribution in [1.29, 1.82) is 0 Å². The SMILES string of the molecule is CCC1CCC(CN)(N(C)C(CC)CC)C1. The summed E-state index contributed by atoms with van der Waals surface area (Å²) >= 11 is 0. The van der Waals surface area contributed by atoms with Gasteiger partial charge in [0.05, 0.1) is 0 Å². The Kier molecular flexibility index (Phi) is 5.26. The van der Waals surface area contributed by atoms with Crippen LogP contribution in [0.2, 0.25) is 0 Å². The molecule has 0 heterocycles. The van der Waals surface area contributed by atoms with Crippen LogP contribution in [0, 0.1) is 5.92 Å². The molecular weight excluding hydrogens is 196 g/mol. The molecule has 1 fully saturated rings. The first-order chi connectivity index (χ1) is 7.63. The molecule has 96 valence electrons. The zero-order chi connectivity index (χ0) is 12.2. The van der Waals surface area contributed by atoms with Crippen molar-refractivity contribution in [3.05, 3.63) is 0 Å². The largest absolute Gasteiger partial charge is 0.329 e. The molecule has 0 aromatic heterocycles. The quantitative estimate of drug-likeness (QED) is 0.754. The third-order valence-electron chi connectivity index (χ3n) is 4.88. The second-order valence-electron chi connectivity index (χ2n) is 5.53. The molecule has 0 bridgehead atoms. The molecule has 2 nitrogen and oxygen atoms in total. The van der Waals surface area contributed by atoms with E-state index in [0.717, 1.165) is 12.5 Å². The molecule has 1 aliphatic carbocycles. The molecule has 0 amide bonds. The lowest BCUT2D eigenvalue weighted by atomic mass is 9.90. The molecule has 0 aromatic rings. The van der Waals surface area contributed by atoms with Crippen LogP contribution < -0.4 is 5.73 Å². The molecule has 2 unspecified atom stereocenters. The number of likely N-dealkylation sites (N-methyl/N-ethyl adjacent to an activating group) is 1. The van der Waals surface area contributed by atoms with E-state index in [1.165, 1.54) is 38.5 Å². The number of nitrogens with two attached hydrogens (primary N) is 1. The lowest BCUT2D eigenvalue weighted by Gasteiger charge is -2.43. The molecule has 0 saturated heterocycles. The highest BCUT2D eigenvalue weighted by molar-refractivity contribution is 4.99. The average Bonchev–Trinajstić information content (AvgIpc) is 2.75. The van der Waals surface area contributed by atoms with E-state index in [0.29, 0.717) is 11.6 Å². The van der Waals surface area contributed by atoms with Crippen molar-refractivity contribution in [3.8, 4) is 0 Å². The molecule has 1 saturated carbocycles. The van der Waals surface area contributed by atoms with Crippen LogP contribution in [-0.4, -0.2) is 30.1 Å². The third kappa shape index (κ3) is 2.60. The maximum absolute atomic E-state index is 6.09. The van der Waals surface area contributed by atoms with Crippen molar-refractivity contribution in [2.75, 3.05) is 13.6 Å². The Bertz CT molecular complexity index is 201. The zero-order valence-corrected chi connectivity index (χ0v) is 11.6. The van der Waals surface area contributed by atoms with Crippen molar-refractivity contribution in [2.24, 2.45) is 11.7 Å². The second-order valence-corrected chi connectivity index (χ2v) is 5.53. The summed E-state index contributed by atoms with van der Waals surface area (Å²) in [4.78, 5) is 2.60. The van der Waals surface area contributed by atoms with Gasteiger partial charge in [-0.1, -0.05) is 27.2 Å². The molecule has 1 rings (SSSR count). The lowest BCUT2D eigenvalue weighted by molar-refractivity contribution is 0.0733. The molecule has 2 atom stereocenters. The summed E-state index contributed by atoms with van der Waals surface area (Å²) in [5, 5.41) is 0. The summed E-state index contributed by atoms with van der Waals surface area (Å²) in [6.07, 6.45) is 7.79. The summed E-state index contributed by atoms with van der Waals surface area (Å²) in [5.74, 6) is 0.903. The van der Waals surface area contributed by atoms with Crippen molar-refractivity contribution in [3.63, 3.8) is 0 Å². The Morgan fingerprint density at radius 1 is 1.31 bits per heavy atom. The van der Waals surface area contributed by atoms with Crippen LogP contribution in [-0.2, 0) is 0 Å². The fourth-order valence-corrected chi connectivity index (χ4v) is 3.44. The van der Waals surface area contributed by atoms with Gasteiger partial charge in [0.15, 0.2) is 0 Å². The molecule has 0 aliphatic heterocycles. The molecule has 0 aromatic carbocycles. The van der Waals surface area contributed by atoms with E-state index in [-0.39, 0.29) is 0 Å². The van der Waals surface area contributed by atoms with Gasteiger partial charge in [0.1, 0.15) is 0 Å². The van der Waals surface area contributed by atoms with Crippen LogP contribution in [0.4, 0.5) is 0 Å². The van der Waals surface area contributed by atoms with Gasteiger partial charge in [-0.25, -0.2) is 0 Å². The molecule has 1 aliphatic rings. The van der Waals surface area contributed by atoms with E-state index < -0.39 is 0 Å². The van der Waals surface area contributed by atoms with Gasteiger partial charge in [0.2, 0.25) is 0 Å². The van der Waals surface area contributed by atoms with Gasteiger partial charge in [0, 0.05) is 18.1 Å². The standard InChI is InChI=1S/C14H30N2/c1-5-12-8-9-14(10-12,11-15)16(4)13(6-2)7-3/h12-13H,5-11,15H2,1-4H3. The highest BCUT2D eigenvalue weighted by Gasteiger charge is 2.42. The monoisotopic (exact) mass is 226 g/mol. The molecule has 0 radical (unpaired) electrons. The van der Waals surface area contributed by atoms with Gasteiger partial charge in [-0.15, -0.1) is 0 Å². The average molecular weight is 226 g/mol. The summed E-state index contributed by atoms with van der Waals surface area (Å²) in [6, 6.07) is 0.708. The Hall–Kier alpha value is -0.0800. The van der Waals surface area contributed by atoms with Crippen LogP contribution in [0.1, 0.15) is 59.3 Å². The van der Waals surface area contributed by atoms with Crippen LogP contribution in [0.15, 0.2) is 0 Å². The zero-order valence-electron chi connectivity index (χ0n) is 11.6. The van der Waals surface area contributed by atoms with Crippen molar-refractivity contribution < 1.29 is 0 Å². The topological polar surface area (TPSA) is 29.3 Å². The predicted octanol–water partition coefficient (Wildman–Crippen LogP) is 3.01. The lowest BCUT2D eigenvalue weighted by Crippen LogP contribution is -2.54. The molecule has 2 N–H and O–H groups in total. The highest BCUT2D eigenvalue weighted by Crippen LogP contribution is 2.40. The van der Waals surface area contributed by atoms with Gasteiger partial charge < -0.3 is 5.73 Å². The number of hydrogen-bond acceptors (Lipinski definition) is 2. The number of nitrogens with zero attached hydrogens (tertiary/aromatic N) is 1. The van der Waals surface area contributed by atoms with Crippen LogP contribution in [0.25, 0.3) is 0 Å². The first kappa shape index (κ1) is 14.0. The summed E-state index contributed by atoms with van der Waals surface area (Å²) in [6.45, 7) is 7.73. The first-order valence-electron chi connectivity index (χ1n) is 7.06.